The number of amides is 1. The molecule has 0 aromatic rings. The van der Waals surface area contributed by atoms with Crippen molar-refractivity contribution in [1.29, 1.82) is 0 Å². The zero-order chi connectivity index (χ0) is 10.8. The third-order valence-corrected chi connectivity index (χ3v) is 2.70. The van der Waals surface area contributed by atoms with Crippen molar-refractivity contribution in [3.05, 3.63) is 12.2 Å². The van der Waals surface area contributed by atoms with Crippen LogP contribution in [0, 0.1) is 5.41 Å². The zero-order valence-corrected chi connectivity index (χ0v) is 9.16. The molecule has 1 rings (SSSR count). The van der Waals surface area contributed by atoms with Gasteiger partial charge in [-0.3, -0.25) is 0 Å². The zero-order valence-electron chi connectivity index (χ0n) is 9.16. The highest BCUT2D eigenvalue weighted by Crippen LogP contribution is 2.29. The second-order valence-electron chi connectivity index (χ2n) is 4.87. The fourth-order valence-electron chi connectivity index (χ4n) is 1.96. The van der Waals surface area contributed by atoms with Gasteiger partial charge in [0.25, 0.3) is 0 Å². The predicted molar refractivity (Wildman–Crippen MR) is 56.3 cm³/mol. The average molecular weight is 197 g/mol. The third-order valence-electron chi connectivity index (χ3n) is 2.70. The SMILES string of the molecule is CC(C)(C)C1CCC=CCN1C(=O)O. The van der Waals surface area contributed by atoms with Gasteiger partial charge < -0.3 is 10.0 Å². The molecule has 0 aromatic heterocycles. The summed E-state index contributed by atoms with van der Waals surface area (Å²) in [5, 5.41) is 9.09. The van der Waals surface area contributed by atoms with Crippen LogP contribution in [0.2, 0.25) is 0 Å². The topological polar surface area (TPSA) is 40.5 Å². The highest BCUT2D eigenvalue weighted by molar-refractivity contribution is 5.65. The molecule has 0 bridgehead atoms. The largest absolute Gasteiger partial charge is 0.465 e. The molecule has 1 N–H and O–H groups in total. The van der Waals surface area contributed by atoms with E-state index in [-0.39, 0.29) is 11.5 Å². The van der Waals surface area contributed by atoms with Crippen molar-refractivity contribution in [2.45, 2.75) is 39.7 Å². The smallest absolute Gasteiger partial charge is 0.407 e. The second-order valence-corrected chi connectivity index (χ2v) is 4.87. The van der Waals surface area contributed by atoms with Gasteiger partial charge in [0.15, 0.2) is 0 Å². The van der Waals surface area contributed by atoms with E-state index in [1.54, 1.807) is 4.90 Å². The van der Waals surface area contributed by atoms with Gasteiger partial charge in [0.05, 0.1) is 0 Å². The van der Waals surface area contributed by atoms with Gasteiger partial charge in [0.1, 0.15) is 0 Å². The Balaban J connectivity index is 2.84. The van der Waals surface area contributed by atoms with Gasteiger partial charge in [-0.15, -0.1) is 0 Å². The van der Waals surface area contributed by atoms with E-state index < -0.39 is 6.09 Å². The molecule has 1 amide bonds. The minimum Gasteiger partial charge on any atom is -0.465 e. The number of carbonyl (C=O) groups is 1. The lowest BCUT2D eigenvalue weighted by atomic mass is 9.83. The van der Waals surface area contributed by atoms with E-state index in [0.29, 0.717) is 6.54 Å². The molecule has 3 nitrogen and oxygen atoms in total. The first-order chi connectivity index (χ1) is 6.43. The Kier molecular flexibility index (Phi) is 3.19. The van der Waals surface area contributed by atoms with Crippen molar-refractivity contribution in [2.75, 3.05) is 6.54 Å². The van der Waals surface area contributed by atoms with Crippen LogP contribution >= 0.6 is 0 Å². The first-order valence-corrected chi connectivity index (χ1v) is 5.07. The minimum absolute atomic E-state index is 0.0183. The Labute approximate surface area is 85.4 Å². The Bertz CT molecular complexity index is 240. The van der Waals surface area contributed by atoms with E-state index in [1.807, 2.05) is 6.08 Å². The van der Waals surface area contributed by atoms with E-state index >= 15 is 0 Å². The molecular weight excluding hydrogens is 178 g/mol. The summed E-state index contributed by atoms with van der Waals surface area (Å²) >= 11 is 0. The van der Waals surface area contributed by atoms with Gasteiger partial charge in [0.2, 0.25) is 0 Å². The van der Waals surface area contributed by atoms with E-state index in [0.717, 1.165) is 12.8 Å². The standard InChI is InChI=1S/C11H19NO2/c1-11(2,3)9-7-5-4-6-8-12(9)10(13)14/h4,6,9H,5,7-8H2,1-3H3,(H,13,14). The van der Waals surface area contributed by atoms with Crippen LogP contribution in [-0.4, -0.2) is 28.7 Å². The Morgan fingerprint density at radius 3 is 2.57 bits per heavy atom. The predicted octanol–water partition coefficient (Wildman–Crippen LogP) is 2.73. The van der Waals surface area contributed by atoms with Gasteiger partial charge >= 0.3 is 6.09 Å². The van der Waals surface area contributed by atoms with Crippen LogP contribution in [0.3, 0.4) is 0 Å². The quantitative estimate of drug-likeness (QED) is 0.606. The Hall–Kier alpha value is -0.990. The van der Waals surface area contributed by atoms with E-state index in [9.17, 15) is 4.79 Å². The summed E-state index contributed by atoms with van der Waals surface area (Å²) in [6.45, 7) is 6.81. The summed E-state index contributed by atoms with van der Waals surface area (Å²) in [6.07, 6.45) is 5.11. The molecule has 1 unspecified atom stereocenters. The van der Waals surface area contributed by atoms with E-state index in [4.69, 9.17) is 5.11 Å². The maximum atomic E-state index is 11.1. The fourth-order valence-corrected chi connectivity index (χ4v) is 1.96. The van der Waals surface area contributed by atoms with Crippen molar-refractivity contribution in [3.63, 3.8) is 0 Å². The number of nitrogens with zero attached hydrogens (tertiary/aromatic N) is 1. The van der Waals surface area contributed by atoms with Crippen LogP contribution in [0.1, 0.15) is 33.6 Å². The van der Waals surface area contributed by atoms with Gasteiger partial charge in [0, 0.05) is 12.6 Å². The lowest BCUT2D eigenvalue weighted by molar-refractivity contribution is 0.0875. The molecular formula is C11H19NO2. The average Bonchev–Trinajstić information content (AvgIpc) is 2.26. The molecule has 1 aliphatic rings. The molecule has 80 valence electrons. The van der Waals surface area contributed by atoms with Crippen molar-refractivity contribution < 1.29 is 9.90 Å². The molecule has 0 aromatic carbocycles. The molecule has 14 heavy (non-hydrogen) atoms. The second kappa shape index (κ2) is 4.03. The normalized spacial score (nSPS) is 23.4. The molecule has 1 heterocycles. The molecule has 0 fully saturated rings. The van der Waals surface area contributed by atoms with Crippen LogP contribution in [0.5, 0.6) is 0 Å². The van der Waals surface area contributed by atoms with Crippen molar-refractivity contribution in [2.24, 2.45) is 5.41 Å². The third kappa shape index (κ3) is 2.50. The maximum Gasteiger partial charge on any atom is 0.407 e. The highest BCUT2D eigenvalue weighted by Gasteiger charge is 2.32. The van der Waals surface area contributed by atoms with Crippen LogP contribution in [0.4, 0.5) is 4.79 Å². The Morgan fingerprint density at radius 1 is 1.43 bits per heavy atom. The minimum atomic E-state index is -0.809. The number of allylic oxidation sites excluding steroid dienone is 1. The summed E-state index contributed by atoms with van der Waals surface area (Å²) in [5.74, 6) is 0. The van der Waals surface area contributed by atoms with Crippen LogP contribution < -0.4 is 0 Å². The molecule has 3 heteroatoms. The summed E-state index contributed by atoms with van der Waals surface area (Å²) in [4.78, 5) is 12.6. The summed E-state index contributed by atoms with van der Waals surface area (Å²) in [7, 11) is 0. The van der Waals surface area contributed by atoms with Crippen molar-refractivity contribution in [3.8, 4) is 0 Å². The number of hydrogen-bond acceptors (Lipinski definition) is 1. The lowest BCUT2D eigenvalue weighted by Gasteiger charge is -2.37. The monoisotopic (exact) mass is 197 g/mol. The van der Waals surface area contributed by atoms with Gasteiger partial charge in [-0.1, -0.05) is 32.9 Å². The van der Waals surface area contributed by atoms with Crippen LogP contribution in [0.15, 0.2) is 12.2 Å². The summed E-state index contributed by atoms with van der Waals surface area (Å²) in [6, 6.07) is 0.120. The van der Waals surface area contributed by atoms with Crippen molar-refractivity contribution in [1.82, 2.24) is 4.90 Å². The molecule has 0 aliphatic carbocycles. The number of carboxylic acid groups (broad SMARTS) is 1. The molecule has 1 atom stereocenters. The highest BCUT2D eigenvalue weighted by atomic mass is 16.4. The van der Waals surface area contributed by atoms with Crippen LogP contribution in [-0.2, 0) is 0 Å². The maximum absolute atomic E-state index is 11.1. The molecule has 0 spiro atoms. The summed E-state index contributed by atoms with van der Waals surface area (Å²) in [5.41, 5.74) is 0.0183. The van der Waals surface area contributed by atoms with Crippen LogP contribution in [0.25, 0.3) is 0 Å². The molecule has 0 radical (unpaired) electrons. The van der Waals surface area contributed by atoms with Gasteiger partial charge in [-0.2, -0.15) is 0 Å². The van der Waals surface area contributed by atoms with E-state index in [1.165, 1.54) is 0 Å². The fraction of sp³-hybridized carbons (Fsp3) is 0.727. The van der Waals surface area contributed by atoms with E-state index in [2.05, 4.69) is 26.8 Å². The molecule has 1 aliphatic heterocycles. The van der Waals surface area contributed by atoms with Gasteiger partial charge in [-0.25, -0.2) is 4.79 Å². The first-order valence-electron chi connectivity index (χ1n) is 5.07. The molecule has 0 saturated heterocycles. The molecule has 0 saturated carbocycles. The summed E-state index contributed by atoms with van der Waals surface area (Å²) < 4.78 is 0. The number of rotatable bonds is 0. The first kappa shape index (κ1) is 11.1. The number of hydrogen-bond donors (Lipinski definition) is 1. The van der Waals surface area contributed by atoms with Crippen molar-refractivity contribution >= 4 is 6.09 Å². The lowest BCUT2D eigenvalue weighted by Crippen LogP contribution is -2.46. The Morgan fingerprint density at radius 2 is 2.07 bits per heavy atom. The van der Waals surface area contributed by atoms with Gasteiger partial charge in [-0.05, 0) is 18.3 Å².